The van der Waals surface area contributed by atoms with Crippen LogP contribution in [-0.2, 0) is 4.79 Å². The van der Waals surface area contributed by atoms with Crippen LogP contribution in [0.4, 0.5) is 15.8 Å². The number of ether oxygens (including phenoxy) is 1. The number of aromatic nitrogens is 3. The highest BCUT2D eigenvalue weighted by atomic mass is 19.1. The van der Waals surface area contributed by atoms with E-state index in [-0.39, 0.29) is 11.6 Å². The molecule has 146 valence electrons. The number of H-pyrrole nitrogens is 1. The van der Waals surface area contributed by atoms with E-state index in [2.05, 4.69) is 25.8 Å². The molecule has 3 aromatic rings. The summed E-state index contributed by atoms with van der Waals surface area (Å²) in [5, 5.41) is 12.6. The predicted molar refractivity (Wildman–Crippen MR) is 108 cm³/mol. The van der Waals surface area contributed by atoms with E-state index in [0.29, 0.717) is 35.7 Å². The van der Waals surface area contributed by atoms with Crippen molar-refractivity contribution in [2.45, 2.75) is 13.8 Å². The van der Waals surface area contributed by atoms with Gasteiger partial charge in [-0.2, -0.15) is 5.10 Å². The van der Waals surface area contributed by atoms with Crippen LogP contribution in [0.25, 0.3) is 22.8 Å². The number of nitrogens with zero attached hydrogens (tertiary/aromatic N) is 2. The summed E-state index contributed by atoms with van der Waals surface area (Å²) in [5.41, 5.74) is 5.94. The lowest BCUT2D eigenvalue weighted by Crippen LogP contribution is -2.20. The van der Waals surface area contributed by atoms with Crippen molar-refractivity contribution in [2.24, 2.45) is 0 Å². The van der Waals surface area contributed by atoms with Crippen LogP contribution in [0.5, 0.6) is 5.88 Å². The van der Waals surface area contributed by atoms with Crippen LogP contribution < -0.4 is 15.4 Å². The van der Waals surface area contributed by atoms with Crippen LogP contribution in [0.15, 0.2) is 24.7 Å². The number of carbonyl (C=O) groups is 1. The Morgan fingerprint density at radius 2 is 2.03 bits per heavy atom. The Morgan fingerprint density at radius 3 is 2.83 bits per heavy atom. The lowest BCUT2D eigenvalue weighted by atomic mass is 9.90. The summed E-state index contributed by atoms with van der Waals surface area (Å²) in [6, 6.07) is 1.45. The minimum Gasteiger partial charge on any atom is -0.474 e. The molecule has 0 fully saturated rings. The second-order valence-electron chi connectivity index (χ2n) is 7.08. The van der Waals surface area contributed by atoms with Crippen molar-refractivity contribution < 1.29 is 13.9 Å². The molecule has 0 saturated heterocycles. The molecule has 8 heteroatoms. The fraction of sp³-hybridized carbons (Fsp3) is 0.190. The first-order chi connectivity index (χ1) is 14.0. The first-order valence-corrected chi connectivity index (χ1v) is 9.26. The molecule has 29 heavy (non-hydrogen) atoms. The summed E-state index contributed by atoms with van der Waals surface area (Å²) >= 11 is 0. The zero-order valence-corrected chi connectivity index (χ0v) is 15.9. The Balaban J connectivity index is 1.71. The van der Waals surface area contributed by atoms with Gasteiger partial charge >= 0.3 is 0 Å². The summed E-state index contributed by atoms with van der Waals surface area (Å²) in [6.07, 6.45) is 6.68. The van der Waals surface area contributed by atoms with Crippen molar-refractivity contribution in [3.8, 4) is 17.0 Å². The molecule has 0 unspecified atom stereocenters. The number of hydrogen-bond donors (Lipinski definition) is 3. The lowest BCUT2D eigenvalue weighted by Gasteiger charge is -2.22. The minimum absolute atomic E-state index is 0.205. The van der Waals surface area contributed by atoms with E-state index in [1.807, 2.05) is 13.8 Å². The summed E-state index contributed by atoms with van der Waals surface area (Å²) in [6.45, 7) is 5.08. The summed E-state index contributed by atoms with van der Waals surface area (Å²) in [7, 11) is 0. The van der Waals surface area contributed by atoms with Crippen LogP contribution in [0.1, 0.15) is 22.3 Å². The average molecular weight is 391 g/mol. The van der Waals surface area contributed by atoms with Crippen LogP contribution in [0.2, 0.25) is 0 Å². The number of nitrogens with one attached hydrogen (secondary N) is 3. The molecular weight excluding hydrogens is 373 g/mol. The van der Waals surface area contributed by atoms with Crippen LogP contribution in [-0.4, -0.2) is 34.2 Å². The number of rotatable bonds is 2. The van der Waals surface area contributed by atoms with Crippen molar-refractivity contribution in [1.29, 1.82) is 0 Å². The van der Waals surface area contributed by atoms with Crippen molar-refractivity contribution >= 4 is 28.9 Å². The van der Waals surface area contributed by atoms with Crippen molar-refractivity contribution in [1.82, 2.24) is 15.2 Å². The third-order valence-corrected chi connectivity index (χ3v) is 5.36. The molecule has 2 aromatic heterocycles. The SMILES string of the molecule is Cc1c(-c2cc(F)c3c(c2C)/C(=C/c2cn[nH]c2)C(=O)N3)cnc2c1NCCO2. The highest BCUT2D eigenvalue weighted by Crippen LogP contribution is 2.44. The minimum atomic E-state index is -0.481. The van der Waals surface area contributed by atoms with Crippen molar-refractivity contribution in [3.05, 3.63) is 52.7 Å². The molecule has 1 amide bonds. The monoisotopic (exact) mass is 391 g/mol. The maximum Gasteiger partial charge on any atom is 0.256 e. The third kappa shape index (κ3) is 2.67. The molecule has 7 nitrogen and oxygen atoms in total. The standard InChI is InChI=1S/C21H18FN5O2/c1-10-13(15-9-24-21-18(11(15)2)23-3-4-29-21)6-16(22)19-17(10)14(20(28)27-19)5-12-7-25-26-8-12/h5-9,23H,3-4H2,1-2H3,(H,25,26)(H,27,28)/b14-5-. The zero-order valence-electron chi connectivity index (χ0n) is 15.9. The van der Waals surface area contributed by atoms with E-state index < -0.39 is 5.82 Å². The number of hydrogen-bond acceptors (Lipinski definition) is 5. The Kier molecular flexibility index (Phi) is 3.87. The van der Waals surface area contributed by atoms with Gasteiger partial charge in [0.2, 0.25) is 5.88 Å². The fourth-order valence-electron chi connectivity index (χ4n) is 3.92. The van der Waals surface area contributed by atoms with E-state index in [9.17, 15) is 9.18 Å². The molecule has 1 aromatic carbocycles. The maximum atomic E-state index is 15.0. The van der Waals surface area contributed by atoms with Crippen molar-refractivity contribution in [2.75, 3.05) is 23.8 Å². The Bertz CT molecular complexity index is 1180. The second kappa shape index (κ2) is 6.44. The summed E-state index contributed by atoms with van der Waals surface area (Å²) in [4.78, 5) is 17.0. The molecular formula is C21H18FN5O2. The maximum absolute atomic E-state index is 15.0. The van der Waals surface area contributed by atoms with Gasteiger partial charge in [0.1, 0.15) is 18.1 Å². The second-order valence-corrected chi connectivity index (χ2v) is 7.08. The number of carbonyl (C=O) groups excluding carboxylic acids is 1. The van der Waals surface area contributed by atoms with E-state index in [4.69, 9.17) is 4.74 Å². The third-order valence-electron chi connectivity index (χ3n) is 5.36. The number of pyridine rings is 1. The molecule has 5 rings (SSSR count). The molecule has 4 heterocycles. The quantitative estimate of drug-likeness (QED) is 0.582. The van der Waals surface area contributed by atoms with Gasteiger partial charge in [0.25, 0.3) is 5.91 Å². The molecule has 2 aliphatic rings. The van der Waals surface area contributed by atoms with E-state index in [1.165, 1.54) is 6.07 Å². The van der Waals surface area contributed by atoms with Gasteiger partial charge in [0.15, 0.2) is 0 Å². The van der Waals surface area contributed by atoms with Crippen LogP contribution in [0, 0.1) is 19.7 Å². The van der Waals surface area contributed by atoms with Gasteiger partial charge in [0.05, 0.1) is 17.5 Å². The molecule has 0 atom stereocenters. The van der Waals surface area contributed by atoms with Gasteiger partial charge in [-0.1, -0.05) is 0 Å². The Hall–Kier alpha value is -3.68. The smallest absolute Gasteiger partial charge is 0.256 e. The number of anilines is 2. The largest absolute Gasteiger partial charge is 0.474 e. The molecule has 0 aliphatic carbocycles. The Labute approximate surface area is 166 Å². The number of fused-ring (bicyclic) bond motifs is 2. The molecule has 0 bridgehead atoms. The number of benzene rings is 1. The van der Waals surface area contributed by atoms with Crippen molar-refractivity contribution in [3.63, 3.8) is 0 Å². The van der Waals surface area contributed by atoms with Gasteiger partial charge in [0, 0.05) is 35.6 Å². The highest BCUT2D eigenvalue weighted by Gasteiger charge is 2.31. The molecule has 0 radical (unpaired) electrons. The van der Waals surface area contributed by atoms with Gasteiger partial charge in [-0.25, -0.2) is 9.37 Å². The van der Waals surface area contributed by atoms with Gasteiger partial charge in [-0.15, -0.1) is 0 Å². The molecule has 0 spiro atoms. The average Bonchev–Trinajstić information content (AvgIpc) is 3.35. The first kappa shape index (κ1) is 17.4. The van der Waals surface area contributed by atoms with E-state index in [1.54, 1.807) is 24.7 Å². The molecule has 3 N–H and O–H groups in total. The van der Waals surface area contributed by atoms with Gasteiger partial charge in [-0.3, -0.25) is 9.89 Å². The van der Waals surface area contributed by atoms with Gasteiger partial charge in [-0.05, 0) is 42.7 Å². The van der Waals surface area contributed by atoms with E-state index >= 15 is 0 Å². The number of aromatic amines is 1. The highest BCUT2D eigenvalue weighted by molar-refractivity contribution is 6.35. The lowest BCUT2D eigenvalue weighted by molar-refractivity contribution is -0.110. The molecule has 2 aliphatic heterocycles. The fourth-order valence-corrected chi connectivity index (χ4v) is 3.92. The van der Waals surface area contributed by atoms with Crippen LogP contribution >= 0.6 is 0 Å². The number of halogens is 1. The first-order valence-electron chi connectivity index (χ1n) is 9.26. The zero-order chi connectivity index (χ0) is 20.1. The van der Waals surface area contributed by atoms with E-state index in [0.717, 1.165) is 27.9 Å². The normalized spacial score (nSPS) is 16.1. The topological polar surface area (TPSA) is 91.9 Å². The van der Waals surface area contributed by atoms with Gasteiger partial charge < -0.3 is 15.4 Å². The summed E-state index contributed by atoms with van der Waals surface area (Å²) < 4.78 is 20.6. The summed E-state index contributed by atoms with van der Waals surface area (Å²) in [5.74, 6) is -0.268. The number of amides is 1. The van der Waals surface area contributed by atoms with Crippen LogP contribution in [0.3, 0.4) is 0 Å². The predicted octanol–water partition coefficient (Wildman–Crippen LogP) is 3.52. The Morgan fingerprint density at radius 1 is 1.17 bits per heavy atom. The molecule has 0 saturated carbocycles.